The molecule has 1 aromatic heterocycles. The zero-order valence-corrected chi connectivity index (χ0v) is 17.2. The van der Waals surface area contributed by atoms with Crippen LogP contribution in [0, 0.1) is 12.7 Å². The van der Waals surface area contributed by atoms with E-state index in [0.29, 0.717) is 5.56 Å². The molecule has 2 atom stereocenters. The van der Waals surface area contributed by atoms with Gasteiger partial charge in [0.2, 0.25) is 0 Å². The number of hydrogen-bond donors (Lipinski definition) is 0. The Hall–Kier alpha value is -3.21. The number of hydrogen-bond acceptors (Lipinski definition) is 3. The number of rotatable bonds is 4. The first kappa shape index (κ1) is 19.1. The summed E-state index contributed by atoms with van der Waals surface area (Å²) in [6.07, 6.45) is 7.73. The summed E-state index contributed by atoms with van der Waals surface area (Å²) in [6, 6.07) is 13.9. The summed E-state index contributed by atoms with van der Waals surface area (Å²) in [6.45, 7) is 6.07. The highest BCUT2D eigenvalue weighted by molar-refractivity contribution is 5.86. The van der Waals surface area contributed by atoms with E-state index >= 15 is 0 Å². The lowest BCUT2D eigenvalue weighted by Crippen LogP contribution is -2.35. The zero-order valence-electron chi connectivity index (χ0n) is 17.2. The van der Waals surface area contributed by atoms with Crippen LogP contribution in [0.3, 0.4) is 0 Å². The molecule has 4 rings (SSSR count). The van der Waals surface area contributed by atoms with E-state index in [4.69, 9.17) is 0 Å². The molecule has 0 N–H and O–H groups in total. The molecule has 0 fully saturated rings. The normalized spacial score (nSPS) is 17.3. The van der Waals surface area contributed by atoms with Crippen LogP contribution in [0.2, 0.25) is 0 Å². The third-order valence-electron chi connectivity index (χ3n) is 5.49. The van der Waals surface area contributed by atoms with Crippen molar-refractivity contribution in [2.24, 2.45) is 12.0 Å². The molecule has 2 unspecified atom stereocenters. The van der Waals surface area contributed by atoms with E-state index in [0.717, 1.165) is 22.4 Å². The summed E-state index contributed by atoms with van der Waals surface area (Å²) >= 11 is 0. The fourth-order valence-corrected chi connectivity index (χ4v) is 3.89. The molecule has 0 saturated heterocycles. The molecule has 4 nitrogen and oxygen atoms in total. The van der Waals surface area contributed by atoms with Gasteiger partial charge in [0.15, 0.2) is 0 Å². The Bertz CT molecular complexity index is 1100. The number of aromatic nitrogens is 2. The number of aryl methyl sites for hydroxylation is 2. The highest BCUT2D eigenvalue weighted by Crippen LogP contribution is 2.35. The highest BCUT2D eigenvalue weighted by Gasteiger charge is 2.26. The molecule has 1 aliphatic heterocycles. The number of aliphatic imine (C=N–C) groups is 1. The first-order valence-electron chi connectivity index (χ1n) is 9.81. The van der Waals surface area contributed by atoms with Gasteiger partial charge < -0.3 is 4.90 Å². The molecule has 2 heterocycles. The molecule has 0 radical (unpaired) electrons. The van der Waals surface area contributed by atoms with Gasteiger partial charge in [-0.1, -0.05) is 18.2 Å². The quantitative estimate of drug-likeness (QED) is 0.602. The molecular weight excluding hydrogens is 363 g/mol. The van der Waals surface area contributed by atoms with E-state index in [9.17, 15) is 4.39 Å². The van der Waals surface area contributed by atoms with Crippen molar-refractivity contribution in [3.8, 4) is 11.1 Å². The van der Waals surface area contributed by atoms with Crippen molar-refractivity contribution in [1.82, 2.24) is 14.7 Å². The third-order valence-corrected chi connectivity index (χ3v) is 5.49. The predicted molar refractivity (Wildman–Crippen MR) is 116 cm³/mol. The SMILES string of the molecule is Cc1cc(C2=CC=NC(C)N2C(C)c2cccc(-c3cnn(C)c3)c2)ccc1F. The minimum Gasteiger partial charge on any atom is -0.343 e. The molecule has 2 aromatic carbocycles. The number of halogens is 1. The molecular formula is C24H25FN4. The molecule has 5 heteroatoms. The van der Waals surface area contributed by atoms with Crippen molar-refractivity contribution in [3.05, 3.63) is 83.4 Å². The van der Waals surface area contributed by atoms with E-state index < -0.39 is 0 Å². The third kappa shape index (κ3) is 3.73. The van der Waals surface area contributed by atoms with E-state index in [1.807, 2.05) is 48.5 Å². The molecule has 148 valence electrons. The van der Waals surface area contributed by atoms with Crippen LogP contribution in [0.5, 0.6) is 0 Å². The van der Waals surface area contributed by atoms with Crippen LogP contribution >= 0.6 is 0 Å². The van der Waals surface area contributed by atoms with Crippen molar-refractivity contribution in [2.75, 3.05) is 0 Å². The fourth-order valence-electron chi connectivity index (χ4n) is 3.89. The molecule has 0 saturated carbocycles. The standard InChI is InChI=1S/C24H25FN4/c1-16-12-21(8-9-23(16)25)24-10-11-26-18(3)29(24)17(2)19-6-5-7-20(13-19)22-14-27-28(4)15-22/h5-15,17-18H,1-4H3. The van der Waals surface area contributed by atoms with Gasteiger partial charge in [0.25, 0.3) is 0 Å². The molecule has 0 aliphatic carbocycles. The Morgan fingerprint density at radius 1 is 1.07 bits per heavy atom. The maximum Gasteiger partial charge on any atom is 0.126 e. The second kappa shape index (κ2) is 7.66. The first-order valence-corrected chi connectivity index (χ1v) is 9.81. The van der Waals surface area contributed by atoms with Gasteiger partial charge in [-0.15, -0.1) is 0 Å². The Morgan fingerprint density at radius 2 is 1.90 bits per heavy atom. The lowest BCUT2D eigenvalue weighted by molar-refractivity contribution is 0.252. The maximum atomic E-state index is 13.8. The van der Waals surface area contributed by atoms with Gasteiger partial charge in [0, 0.05) is 30.7 Å². The summed E-state index contributed by atoms with van der Waals surface area (Å²) in [5.41, 5.74) is 6.12. The Balaban J connectivity index is 1.71. The van der Waals surface area contributed by atoms with Gasteiger partial charge in [0.1, 0.15) is 12.0 Å². The van der Waals surface area contributed by atoms with Crippen LogP contribution < -0.4 is 0 Å². The van der Waals surface area contributed by atoms with Crippen LogP contribution in [-0.2, 0) is 7.05 Å². The zero-order chi connectivity index (χ0) is 20.5. The molecule has 1 aliphatic rings. The average Bonchev–Trinajstić information content (AvgIpc) is 3.16. The summed E-state index contributed by atoms with van der Waals surface area (Å²) in [4.78, 5) is 6.88. The average molecular weight is 388 g/mol. The van der Waals surface area contributed by atoms with Crippen molar-refractivity contribution in [3.63, 3.8) is 0 Å². The lowest BCUT2D eigenvalue weighted by Gasteiger charge is -2.38. The minimum absolute atomic E-state index is 0.0163. The molecule has 0 spiro atoms. The van der Waals surface area contributed by atoms with E-state index in [1.54, 1.807) is 6.92 Å². The predicted octanol–water partition coefficient (Wildman–Crippen LogP) is 5.37. The van der Waals surface area contributed by atoms with Gasteiger partial charge in [-0.3, -0.25) is 9.67 Å². The highest BCUT2D eigenvalue weighted by atomic mass is 19.1. The second-order valence-corrected chi connectivity index (χ2v) is 7.56. The van der Waals surface area contributed by atoms with E-state index in [1.165, 1.54) is 11.6 Å². The summed E-state index contributed by atoms with van der Waals surface area (Å²) in [7, 11) is 1.92. The summed E-state index contributed by atoms with van der Waals surface area (Å²) in [5, 5.41) is 4.28. The van der Waals surface area contributed by atoms with Crippen LogP contribution in [-0.4, -0.2) is 27.1 Å². The Kier molecular flexibility index (Phi) is 5.05. The van der Waals surface area contributed by atoms with E-state index in [2.05, 4.69) is 53.1 Å². The van der Waals surface area contributed by atoms with Crippen molar-refractivity contribution in [2.45, 2.75) is 33.0 Å². The number of benzene rings is 2. The van der Waals surface area contributed by atoms with Crippen LogP contribution in [0.1, 0.15) is 36.6 Å². The minimum atomic E-state index is -0.185. The van der Waals surface area contributed by atoms with E-state index in [-0.39, 0.29) is 18.0 Å². The van der Waals surface area contributed by atoms with Gasteiger partial charge in [-0.25, -0.2) is 4.39 Å². The summed E-state index contributed by atoms with van der Waals surface area (Å²) < 4.78 is 15.6. The maximum absolute atomic E-state index is 13.8. The Labute approximate surface area is 171 Å². The van der Waals surface area contributed by atoms with Crippen LogP contribution in [0.25, 0.3) is 16.8 Å². The fraction of sp³-hybridized carbons (Fsp3) is 0.250. The number of nitrogens with zero attached hydrogens (tertiary/aromatic N) is 4. The van der Waals surface area contributed by atoms with Gasteiger partial charge in [0.05, 0.1) is 12.2 Å². The largest absolute Gasteiger partial charge is 0.343 e. The second-order valence-electron chi connectivity index (χ2n) is 7.56. The Morgan fingerprint density at radius 3 is 2.62 bits per heavy atom. The van der Waals surface area contributed by atoms with Crippen LogP contribution in [0.15, 0.2) is 65.9 Å². The molecule has 0 amide bonds. The lowest BCUT2D eigenvalue weighted by atomic mass is 9.98. The monoisotopic (exact) mass is 388 g/mol. The first-order chi connectivity index (χ1) is 13.9. The smallest absolute Gasteiger partial charge is 0.126 e. The van der Waals surface area contributed by atoms with Crippen molar-refractivity contribution < 1.29 is 4.39 Å². The topological polar surface area (TPSA) is 33.4 Å². The van der Waals surface area contributed by atoms with Crippen molar-refractivity contribution in [1.29, 1.82) is 0 Å². The molecule has 3 aromatic rings. The molecule has 0 bridgehead atoms. The van der Waals surface area contributed by atoms with Gasteiger partial charge >= 0.3 is 0 Å². The molecule has 29 heavy (non-hydrogen) atoms. The van der Waals surface area contributed by atoms with Gasteiger partial charge in [-0.05, 0) is 73.4 Å². The van der Waals surface area contributed by atoms with Gasteiger partial charge in [-0.2, -0.15) is 5.10 Å². The van der Waals surface area contributed by atoms with Crippen molar-refractivity contribution >= 4 is 11.9 Å². The number of allylic oxidation sites excluding steroid dienone is 1. The van der Waals surface area contributed by atoms with Crippen LogP contribution in [0.4, 0.5) is 4.39 Å². The summed E-state index contributed by atoms with van der Waals surface area (Å²) in [5.74, 6) is -0.185.